The van der Waals surface area contributed by atoms with Crippen molar-refractivity contribution >= 4 is 29.1 Å². The van der Waals surface area contributed by atoms with E-state index in [4.69, 9.17) is 21.1 Å². The maximum absolute atomic E-state index is 13.3. The Morgan fingerprint density at radius 1 is 1.15 bits per heavy atom. The van der Waals surface area contributed by atoms with Gasteiger partial charge >= 0.3 is 0 Å². The lowest BCUT2D eigenvalue weighted by molar-refractivity contribution is -0.123. The molecule has 8 heteroatoms. The molecule has 6 nitrogen and oxygen atoms in total. The number of hydrogen-bond donors (Lipinski definition) is 1. The van der Waals surface area contributed by atoms with E-state index in [9.17, 15) is 14.0 Å². The van der Waals surface area contributed by atoms with Gasteiger partial charge < -0.3 is 19.7 Å². The van der Waals surface area contributed by atoms with Gasteiger partial charge in [0.05, 0.1) is 18.7 Å². The number of rotatable bonds is 8. The van der Waals surface area contributed by atoms with Crippen molar-refractivity contribution < 1.29 is 23.5 Å². The fourth-order valence-corrected chi connectivity index (χ4v) is 2.44. The second-order valence-corrected chi connectivity index (χ2v) is 5.98. The van der Waals surface area contributed by atoms with E-state index in [2.05, 4.69) is 5.32 Å². The number of anilines is 1. The minimum atomic E-state index is -0.593. The molecule has 0 aromatic heterocycles. The minimum absolute atomic E-state index is 0.118. The first kappa shape index (κ1) is 20.5. The van der Waals surface area contributed by atoms with E-state index in [-0.39, 0.29) is 36.5 Å². The molecule has 0 radical (unpaired) electrons. The molecular weight excluding hydrogens is 375 g/mol. The molecule has 27 heavy (non-hydrogen) atoms. The number of carbonyl (C=O) groups is 2. The van der Waals surface area contributed by atoms with Gasteiger partial charge in [0.15, 0.2) is 0 Å². The van der Waals surface area contributed by atoms with Crippen molar-refractivity contribution in [2.24, 2.45) is 0 Å². The molecule has 0 bridgehead atoms. The fraction of sp³-hybridized carbons (Fsp3) is 0.263. The molecule has 2 rings (SSSR count). The van der Waals surface area contributed by atoms with Crippen LogP contribution < -0.4 is 19.7 Å². The summed E-state index contributed by atoms with van der Waals surface area (Å²) >= 11 is 5.74. The average Bonchev–Trinajstić information content (AvgIpc) is 2.66. The summed E-state index contributed by atoms with van der Waals surface area (Å²) in [6.45, 7) is 1.64. The van der Waals surface area contributed by atoms with Crippen molar-refractivity contribution in [3.05, 3.63) is 53.3 Å². The molecule has 0 saturated heterocycles. The second-order valence-electron chi connectivity index (χ2n) is 5.58. The summed E-state index contributed by atoms with van der Waals surface area (Å²) in [5, 5.41) is 2.55. The molecule has 0 unspecified atom stereocenters. The van der Waals surface area contributed by atoms with Crippen LogP contribution in [-0.2, 0) is 9.59 Å². The molecule has 0 fully saturated rings. The van der Waals surface area contributed by atoms with Gasteiger partial charge in [-0.25, -0.2) is 4.39 Å². The first-order chi connectivity index (χ1) is 12.9. The van der Waals surface area contributed by atoms with E-state index in [0.29, 0.717) is 11.4 Å². The average molecular weight is 395 g/mol. The third-order valence-electron chi connectivity index (χ3n) is 3.65. The Kier molecular flexibility index (Phi) is 7.43. The molecule has 144 valence electrons. The van der Waals surface area contributed by atoms with E-state index in [1.807, 2.05) is 0 Å². The van der Waals surface area contributed by atoms with Crippen LogP contribution in [0.3, 0.4) is 0 Å². The first-order valence-corrected chi connectivity index (χ1v) is 8.55. The van der Waals surface area contributed by atoms with E-state index in [1.54, 1.807) is 31.4 Å². The van der Waals surface area contributed by atoms with Crippen LogP contribution in [0, 0.1) is 5.82 Å². The summed E-state index contributed by atoms with van der Waals surface area (Å²) < 4.78 is 23.8. The molecule has 0 aliphatic carbocycles. The van der Waals surface area contributed by atoms with E-state index < -0.39 is 5.82 Å². The highest BCUT2D eigenvalue weighted by Gasteiger charge is 2.16. The van der Waals surface area contributed by atoms with E-state index in [0.717, 1.165) is 11.8 Å². The molecular formula is C19H20ClFN2O4. The molecule has 0 atom stereocenters. The Morgan fingerprint density at radius 2 is 1.81 bits per heavy atom. The number of ether oxygens (including phenoxy) is 2. The predicted molar refractivity (Wildman–Crippen MR) is 101 cm³/mol. The summed E-state index contributed by atoms with van der Waals surface area (Å²) in [6.07, 6.45) is 0. The minimum Gasteiger partial charge on any atom is -0.497 e. The zero-order valence-electron chi connectivity index (χ0n) is 15.0. The Bertz CT molecular complexity index is 799. The van der Waals surface area contributed by atoms with E-state index >= 15 is 0 Å². The number of halogens is 2. The number of nitrogens with one attached hydrogen (secondary N) is 1. The van der Waals surface area contributed by atoms with Crippen molar-refractivity contribution in [1.29, 1.82) is 0 Å². The van der Waals surface area contributed by atoms with Crippen LogP contribution in [0.1, 0.15) is 6.92 Å². The molecule has 2 amide bonds. The number of hydrogen-bond acceptors (Lipinski definition) is 4. The SMILES string of the molecule is COc1ccc(OCCNC(=O)CN(C(C)=O)c2ccc(F)c(Cl)c2)cc1. The molecule has 2 aromatic carbocycles. The van der Waals surface area contributed by atoms with Crippen LogP contribution in [0.25, 0.3) is 0 Å². The fourth-order valence-electron chi connectivity index (χ4n) is 2.27. The van der Waals surface area contributed by atoms with Crippen molar-refractivity contribution in [2.45, 2.75) is 6.92 Å². The number of carbonyl (C=O) groups excluding carboxylic acids is 2. The third-order valence-corrected chi connectivity index (χ3v) is 3.94. The van der Waals surface area contributed by atoms with Gasteiger partial charge in [0.2, 0.25) is 11.8 Å². The number of amides is 2. The quantitative estimate of drug-likeness (QED) is 0.699. The van der Waals surface area contributed by atoms with E-state index in [1.165, 1.54) is 24.0 Å². The molecule has 0 spiro atoms. The lowest BCUT2D eigenvalue weighted by Gasteiger charge is -2.21. The van der Waals surface area contributed by atoms with Crippen LogP contribution in [0.2, 0.25) is 5.02 Å². The standard InChI is InChI=1S/C19H20ClFN2O4/c1-13(24)23(14-3-8-18(21)17(20)11-14)12-19(25)22-9-10-27-16-6-4-15(26-2)5-7-16/h3-8,11H,9-10,12H2,1-2H3,(H,22,25). The molecule has 0 aliphatic heterocycles. The maximum atomic E-state index is 13.3. The van der Waals surface area contributed by atoms with Crippen LogP contribution in [-0.4, -0.2) is 38.6 Å². The third kappa shape index (κ3) is 6.14. The summed E-state index contributed by atoms with van der Waals surface area (Å²) in [6, 6.07) is 10.9. The molecule has 0 saturated carbocycles. The van der Waals surface area contributed by atoms with Gasteiger partial charge in [-0.15, -0.1) is 0 Å². The molecule has 0 heterocycles. The van der Waals surface area contributed by atoms with Gasteiger partial charge in [-0.3, -0.25) is 9.59 Å². The normalized spacial score (nSPS) is 10.2. The van der Waals surface area contributed by atoms with Crippen LogP contribution in [0.15, 0.2) is 42.5 Å². The van der Waals surface area contributed by atoms with Gasteiger partial charge in [0.25, 0.3) is 0 Å². The number of nitrogens with zero attached hydrogens (tertiary/aromatic N) is 1. The Balaban J connectivity index is 1.83. The summed E-state index contributed by atoms with van der Waals surface area (Å²) in [7, 11) is 1.58. The number of benzene rings is 2. The summed E-state index contributed by atoms with van der Waals surface area (Å²) in [5.74, 6) is 0.0487. The highest BCUT2D eigenvalue weighted by Crippen LogP contribution is 2.22. The zero-order chi connectivity index (χ0) is 19.8. The van der Waals surface area contributed by atoms with Crippen molar-refractivity contribution in [3.63, 3.8) is 0 Å². The summed E-state index contributed by atoms with van der Waals surface area (Å²) in [4.78, 5) is 25.1. The van der Waals surface area contributed by atoms with Gasteiger partial charge in [-0.05, 0) is 42.5 Å². The first-order valence-electron chi connectivity index (χ1n) is 8.17. The monoisotopic (exact) mass is 394 g/mol. The Morgan fingerprint density at radius 3 is 2.41 bits per heavy atom. The Labute approximate surface area is 161 Å². The lowest BCUT2D eigenvalue weighted by atomic mass is 10.2. The largest absolute Gasteiger partial charge is 0.497 e. The highest BCUT2D eigenvalue weighted by atomic mass is 35.5. The van der Waals surface area contributed by atoms with Crippen molar-refractivity contribution in [1.82, 2.24) is 5.32 Å². The molecule has 2 aromatic rings. The smallest absolute Gasteiger partial charge is 0.240 e. The van der Waals surface area contributed by atoms with Gasteiger partial charge in [0, 0.05) is 12.6 Å². The summed E-state index contributed by atoms with van der Waals surface area (Å²) in [5.41, 5.74) is 0.346. The second kappa shape index (κ2) is 9.78. The van der Waals surface area contributed by atoms with Crippen molar-refractivity contribution in [2.75, 3.05) is 31.7 Å². The lowest BCUT2D eigenvalue weighted by Crippen LogP contribution is -2.41. The van der Waals surface area contributed by atoms with Crippen molar-refractivity contribution in [3.8, 4) is 11.5 Å². The molecule has 0 aliphatic rings. The number of methoxy groups -OCH3 is 1. The topological polar surface area (TPSA) is 67.9 Å². The molecule has 1 N–H and O–H groups in total. The van der Waals surface area contributed by atoms with Crippen LogP contribution >= 0.6 is 11.6 Å². The predicted octanol–water partition coefficient (Wildman–Crippen LogP) is 3.04. The van der Waals surface area contributed by atoms with Crippen LogP contribution in [0.4, 0.5) is 10.1 Å². The van der Waals surface area contributed by atoms with Gasteiger partial charge in [-0.2, -0.15) is 0 Å². The maximum Gasteiger partial charge on any atom is 0.240 e. The highest BCUT2D eigenvalue weighted by molar-refractivity contribution is 6.31. The van der Waals surface area contributed by atoms with Crippen LogP contribution in [0.5, 0.6) is 11.5 Å². The Hall–Kier alpha value is -2.80. The van der Waals surface area contributed by atoms with Gasteiger partial charge in [-0.1, -0.05) is 11.6 Å². The zero-order valence-corrected chi connectivity index (χ0v) is 15.8. The van der Waals surface area contributed by atoms with Gasteiger partial charge in [0.1, 0.15) is 30.5 Å².